The fourth-order valence-corrected chi connectivity index (χ4v) is 3.37. The molecule has 0 aliphatic rings. The summed E-state index contributed by atoms with van der Waals surface area (Å²) >= 11 is 12.3. The van der Waals surface area contributed by atoms with Crippen LogP contribution in [0, 0.1) is 6.92 Å². The van der Waals surface area contributed by atoms with Crippen LogP contribution in [0.1, 0.15) is 51.9 Å². The highest BCUT2D eigenvalue weighted by atomic mass is 35.5. The van der Waals surface area contributed by atoms with Gasteiger partial charge in [-0.1, -0.05) is 53.5 Å². The van der Waals surface area contributed by atoms with Gasteiger partial charge in [0.15, 0.2) is 5.78 Å². The summed E-state index contributed by atoms with van der Waals surface area (Å²) in [6, 6.07) is 11.9. The third-order valence-electron chi connectivity index (χ3n) is 4.68. The summed E-state index contributed by atoms with van der Waals surface area (Å²) in [6.45, 7) is 5.10. The predicted octanol–water partition coefficient (Wildman–Crippen LogP) is 5.52. The number of hydrogen-bond acceptors (Lipinski definition) is 4. The van der Waals surface area contributed by atoms with E-state index >= 15 is 0 Å². The van der Waals surface area contributed by atoms with Crippen molar-refractivity contribution >= 4 is 34.9 Å². The van der Waals surface area contributed by atoms with E-state index < -0.39 is 0 Å². The van der Waals surface area contributed by atoms with Crippen LogP contribution >= 0.6 is 23.2 Å². The van der Waals surface area contributed by atoms with Gasteiger partial charge in [0, 0.05) is 12.6 Å². The third kappa shape index (κ3) is 4.50. The van der Waals surface area contributed by atoms with E-state index in [2.05, 4.69) is 10.4 Å². The highest BCUT2D eigenvalue weighted by molar-refractivity contribution is 6.42. The number of amides is 1. The van der Waals surface area contributed by atoms with E-state index in [9.17, 15) is 9.59 Å². The summed E-state index contributed by atoms with van der Waals surface area (Å²) in [5, 5.41) is 7.86. The smallest absolute Gasteiger partial charge is 0.259 e. The second-order valence-electron chi connectivity index (χ2n) is 6.92. The second-order valence-corrected chi connectivity index (χ2v) is 7.70. The third-order valence-corrected chi connectivity index (χ3v) is 5.49. The molecule has 3 aromatic rings. The molecule has 0 fully saturated rings. The maximum absolute atomic E-state index is 13.0. The van der Waals surface area contributed by atoms with Crippen molar-refractivity contribution in [3.63, 3.8) is 0 Å². The number of rotatable bonds is 6. The van der Waals surface area contributed by atoms with Crippen LogP contribution in [0.2, 0.25) is 10.0 Å². The molecule has 1 N–H and O–H groups in total. The first-order valence-electron chi connectivity index (χ1n) is 9.26. The molecule has 1 aromatic heterocycles. The summed E-state index contributed by atoms with van der Waals surface area (Å²) in [5.41, 5.74) is 2.31. The highest BCUT2D eigenvalue weighted by Crippen LogP contribution is 2.36. The fourth-order valence-electron chi connectivity index (χ4n) is 3.04. The maximum Gasteiger partial charge on any atom is 0.259 e. The van der Waals surface area contributed by atoms with Crippen molar-refractivity contribution < 1.29 is 14.3 Å². The highest BCUT2D eigenvalue weighted by Gasteiger charge is 2.24. The Hall–Kier alpha value is -2.83. The molecule has 0 bridgehead atoms. The fraction of sp³-hybridized carbons (Fsp3) is 0.227. The van der Waals surface area contributed by atoms with E-state index in [0.717, 1.165) is 5.56 Å². The van der Waals surface area contributed by atoms with Crippen LogP contribution in [-0.4, -0.2) is 21.5 Å². The molecule has 30 heavy (non-hydrogen) atoms. The average Bonchev–Trinajstić information content (AvgIpc) is 2.98. The quantitative estimate of drug-likeness (QED) is 0.506. The van der Waals surface area contributed by atoms with Crippen LogP contribution in [0.5, 0.6) is 11.6 Å². The Bertz CT molecular complexity index is 1110. The van der Waals surface area contributed by atoms with E-state index in [0.29, 0.717) is 27.6 Å². The maximum atomic E-state index is 13.0. The predicted molar refractivity (Wildman–Crippen MR) is 117 cm³/mol. The SMILES string of the molecule is CC(=O)c1ccc([C@H](C)NC(=O)c2c(C)nn(C)c2Oc2cccc(Cl)c2Cl)cc1. The minimum Gasteiger partial charge on any atom is -0.437 e. The van der Waals surface area contributed by atoms with Crippen molar-refractivity contribution in [1.82, 2.24) is 15.1 Å². The number of carbonyl (C=O) groups excluding carboxylic acids is 2. The van der Waals surface area contributed by atoms with Crippen LogP contribution in [0.3, 0.4) is 0 Å². The van der Waals surface area contributed by atoms with Gasteiger partial charge in [-0.15, -0.1) is 0 Å². The number of benzene rings is 2. The summed E-state index contributed by atoms with van der Waals surface area (Å²) in [4.78, 5) is 24.5. The Morgan fingerprint density at radius 3 is 2.43 bits per heavy atom. The molecule has 156 valence electrons. The molecule has 0 aliphatic carbocycles. The molecule has 0 unspecified atom stereocenters. The summed E-state index contributed by atoms with van der Waals surface area (Å²) in [5.74, 6) is 0.241. The van der Waals surface area contributed by atoms with Crippen molar-refractivity contribution in [1.29, 1.82) is 0 Å². The van der Waals surface area contributed by atoms with Crippen molar-refractivity contribution in [2.75, 3.05) is 0 Å². The van der Waals surface area contributed by atoms with Crippen molar-refractivity contribution in [3.8, 4) is 11.6 Å². The summed E-state index contributed by atoms with van der Waals surface area (Å²) in [7, 11) is 1.68. The number of nitrogens with one attached hydrogen (secondary N) is 1. The van der Waals surface area contributed by atoms with Crippen LogP contribution in [0.4, 0.5) is 0 Å². The van der Waals surface area contributed by atoms with E-state index in [1.165, 1.54) is 11.6 Å². The molecule has 0 spiro atoms. The van der Waals surface area contributed by atoms with Gasteiger partial charge >= 0.3 is 0 Å². The van der Waals surface area contributed by atoms with Crippen molar-refractivity contribution in [3.05, 3.63) is 74.9 Å². The lowest BCUT2D eigenvalue weighted by Crippen LogP contribution is -2.27. The van der Waals surface area contributed by atoms with Gasteiger partial charge in [-0.2, -0.15) is 5.10 Å². The van der Waals surface area contributed by atoms with Crippen molar-refractivity contribution in [2.24, 2.45) is 7.05 Å². The van der Waals surface area contributed by atoms with E-state index in [4.69, 9.17) is 27.9 Å². The normalized spacial score (nSPS) is 11.8. The monoisotopic (exact) mass is 445 g/mol. The van der Waals surface area contributed by atoms with E-state index in [-0.39, 0.29) is 28.6 Å². The van der Waals surface area contributed by atoms with Crippen LogP contribution < -0.4 is 10.1 Å². The first-order chi connectivity index (χ1) is 14.2. The number of ether oxygens (including phenoxy) is 1. The van der Waals surface area contributed by atoms with Gasteiger partial charge < -0.3 is 10.1 Å². The van der Waals surface area contributed by atoms with Gasteiger partial charge in [-0.3, -0.25) is 9.59 Å². The molecular formula is C22H21Cl2N3O3. The molecule has 2 aromatic carbocycles. The number of aromatic nitrogens is 2. The number of ketones is 1. The summed E-state index contributed by atoms with van der Waals surface area (Å²) < 4.78 is 7.39. The minimum absolute atomic E-state index is 0.00862. The Morgan fingerprint density at radius 2 is 1.80 bits per heavy atom. The number of carbonyl (C=O) groups is 2. The molecule has 0 saturated carbocycles. The van der Waals surface area contributed by atoms with Gasteiger partial charge in [0.2, 0.25) is 5.88 Å². The Balaban J connectivity index is 1.85. The van der Waals surface area contributed by atoms with E-state index in [1.54, 1.807) is 44.3 Å². The van der Waals surface area contributed by atoms with Gasteiger partial charge in [0.1, 0.15) is 16.3 Å². The molecule has 8 heteroatoms. The molecule has 1 amide bonds. The zero-order chi connectivity index (χ0) is 22.0. The second kappa shape index (κ2) is 8.90. The zero-order valence-corrected chi connectivity index (χ0v) is 18.5. The largest absolute Gasteiger partial charge is 0.437 e. The molecule has 1 atom stereocenters. The van der Waals surface area contributed by atoms with Crippen LogP contribution in [0.25, 0.3) is 0 Å². The Kier molecular flexibility index (Phi) is 6.48. The zero-order valence-electron chi connectivity index (χ0n) is 17.0. The lowest BCUT2D eigenvalue weighted by Gasteiger charge is -2.16. The van der Waals surface area contributed by atoms with Gasteiger partial charge in [0.05, 0.1) is 16.8 Å². The molecule has 3 rings (SSSR count). The van der Waals surface area contributed by atoms with Crippen molar-refractivity contribution in [2.45, 2.75) is 26.8 Å². The Morgan fingerprint density at radius 1 is 1.13 bits per heavy atom. The average molecular weight is 446 g/mol. The number of nitrogens with zero attached hydrogens (tertiary/aromatic N) is 2. The van der Waals surface area contributed by atoms with Gasteiger partial charge in [0.25, 0.3) is 5.91 Å². The summed E-state index contributed by atoms with van der Waals surface area (Å²) in [6.07, 6.45) is 0. The number of Topliss-reactive ketones (excluding diaryl/α,β-unsaturated/α-hetero) is 1. The standard InChI is InChI=1S/C22H21Cl2N3O3/c1-12(15-8-10-16(11-9-15)14(3)28)25-21(29)19-13(2)26-27(4)22(19)30-18-7-5-6-17(23)20(18)24/h5-12H,1-4H3,(H,25,29)/t12-/m0/s1. The van der Waals surface area contributed by atoms with E-state index in [1.807, 2.05) is 19.1 Å². The van der Waals surface area contributed by atoms with Crippen LogP contribution in [0.15, 0.2) is 42.5 Å². The Labute approximate surface area is 184 Å². The number of halogens is 2. The number of hydrogen-bond donors (Lipinski definition) is 1. The lowest BCUT2D eigenvalue weighted by atomic mass is 10.0. The van der Waals surface area contributed by atoms with Gasteiger partial charge in [-0.25, -0.2) is 4.68 Å². The molecular weight excluding hydrogens is 425 g/mol. The molecule has 1 heterocycles. The lowest BCUT2D eigenvalue weighted by molar-refractivity contribution is 0.0935. The van der Waals surface area contributed by atoms with Gasteiger partial charge in [-0.05, 0) is 38.5 Å². The van der Waals surface area contributed by atoms with Crippen LogP contribution in [-0.2, 0) is 7.05 Å². The molecule has 0 radical (unpaired) electrons. The number of aryl methyl sites for hydroxylation is 2. The minimum atomic E-state index is -0.336. The molecule has 0 saturated heterocycles. The first-order valence-corrected chi connectivity index (χ1v) is 10.0. The topological polar surface area (TPSA) is 73.2 Å². The molecule has 0 aliphatic heterocycles. The molecule has 6 nitrogen and oxygen atoms in total. The first kappa shape index (κ1) is 21.9.